The maximum absolute atomic E-state index is 12.0. The molecule has 0 unspecified atom stereocenters. The quantitative estimate of drug-likeness (QED) is 0.874. The zero-order valence-electron chi connectivity index (χ0n) is 9.26. The molecule has 2 rings (SSSR count). The summed E-state index contributed by atoms with van der Waals surface area (Å²) in [5.41, 5.74) is 0.549. The zero-order chi connectivity index (χ0) is 12.3. The average Bonchev–Trinajstić information content (AvgIpc) is 2.80. The third-order valence-electron chi connectivity index (χ3n) is 2.27. The van der Waals surface area contributed by atoms with Crippen molar-refractivity contribution < 1.29 is 9.21 Å². The van der Waals surface area contributed by atoms with Gasteiger partial charge in [0.1, 0.15) is 5.76 Å². The second-order valence-electron chi connectivity index (χ2n) is 3.63. The molecule has 88 valence electrons. The highest BCUT2D eigenvalue weighted by Gasteiger charge is 2.13. The minimum absolute atomic E-state index is 0.0878. The smallest absolute Gasteiger partial charge is 0.255 e. The number of furan rings is 1. The van der Waals surface area contributed by atoms with Crippen LogP contribution in [0.4, 0.5) is 0 Å². The number of halogens is 1. The number of rotatable bonds is 3. The van der Waals surface area contributed by atoms with Crippen LogP contribution >= 0.6 is 15.9 Å². The number of pyridine rings is 1. The standard InChI is InChI=1S/C12H11BrN2O2/c1-15(8-11-3-2-4-17-11)12(16)9-5-10(13)7-14-6-9/h2-7H,8H2,1H3. The van der Waals surface area contributed by atoms with Crippen LogP contribution in [0, 0.1) is 0 Å². The normalized spacial score (nSPS) is 10.2. The number of carbonyl (C=O) groups is 1. The Morgan fingerprint density at radius 3 is 3.00 bits per heavy atom. The highest BCUT2D eigenvalue weighted by molar-refractivity contribution is 9.10. The predicted octanol–water partition coefficient (Wildman–Crippen LogP) is 2.71. The number of amides is 1. The first-order valence-corrected chi connectivity index (χ1v) is 5.84. The second-order valence-corrected chi connectivity index (χ2v) is 4.55. The third-order valence-corrected chi connectivity index (χ3v) is 2.71. The Labute approximate surface area is 107 Å². The molecule has 17 heavy (non-hydrogen) atoms. The van der Waals surface area contributed by atoms with E-state index >= 15 is 0 Å². The molecule has 2 aromatic rings. The summed E-state index contributed by atoms with van der Waals surface area (Å²) in [5, 5.41) is 0. The lowest BCUT2D eigenvalue weighted by atomic mass is 10.2. The van der Waals surface area contributed by atoms with Crippen molar-refractivity contribution in [3.63, 3.8) is 0 Å². The lowest BCUT2D eigenvalue weighted by molar-refractivity contribution is 0.0775. The van der Waals surface area contributed by atoms with Gasteiger partial charge in [0.2, 0.25) is 0 Å². The first-order valence-electron chi connectivity index (χ1n) is 5.05. The van der Waals surface area contributed by atoms with Gasteiger partial charge in [-0.15, -0.1) is 0 Å². The first-order chi connectivity index (χ1) is 8.16. The van der Waals surface area contributed by atoms with Crippen molar-refractivity contribution in [3.05, 3.63) is 52.7 Å². The van der Waals surface area contributed by atoms with Crippen LogP contribution in [-0.4, -0.2) is 22.8 Å². The van der Waals surface area contributed by atoms with Gasteiger partial charge >= 0.3 is 0 Å². The molecule has 1 amide bonds. The van der Waals surface area contributed by atoms with E-state index in [-0.39, 0.29) is 5.91 Å². The maximum Gasteiger partial charge on any atom is 0.255 e. The highest BCUT2D eigenvalue weighted by Crippen LogP contribution is 2.12. The van der Waals surface area contributed by atoms with E-state index in [0.717, 1.165) is 10.2 Å². The van der Waals surface area contributed by atoms with Gasteiger partial charge in [-0.1, -0.05) is 0 Å². The molecule has 0 aliphatic rings. The second kappa shape index (κ2) is 5.14. The van der Waals surface area contributed by atoms with E-state index in [9.17, 15) is 4.79 Å². The molecule has 0 bridgehead atoms. The van der Waals surface area contributed by atoms with Crippen molar-refractivity contribution >= 4 is 21.8 Å². The topological polar surface area (TPSA) is 46.3 Å². The van der Waals surface area contributed by atoms with Gasteiger partial charge in [0.25, 0.3) is 5.91 Å². The Morgan fingerprint density at radius 2 is 2.35 bits per heavy atom. The number of hydrogen-bond acceptors (Lipinski definition) is 3. The van der Waals surface area contributed by atoms with Crippen molar-refractivity contribution in [1.29, 1.82) is 0 Å². The Kier molecular flexibility index (Phi) is 3.58. The van der Waals surface area contributed by atoms with Gasteiger partial charge < -0.3 is 9.32 Å². The van der Waals surface area contributed by atoms with Gasteiger partial charge in [0.05, 0.1) is 18.4 Å². The van der Waals surface area contributed by atoms with Crippen LogP contribution in [0.3, 0.4) is 0 Å². The molecule has 0 saturated carbocycles. The van der Waals surface area contributed by atoms with Gasteiger partial charge in [0.15, 0.2) is 0 Å². The molecule has 0 saturated heterocycles. The summed E-state index contributed by atoms with van der Waals surface area (Å²) in [6, 6.07) is 5.38. The fourth-order valence-corrected chi connectivity index (χ4v) is 1.82. The van der Waals surface area contributed by atoms with E-state index in [2.05, 4.69) is 20.9 Å². The van der Waals surface area contributed by atoms with Crippen LogP contribution in [0.25, 0.3) is 0 Å². The van der Waals surface area contributed by atoms with Gasteiger partial charge in [-0.05, 0) is 34.1 Å². The van der Waals surface area contributed by atoms with E-state index in [1.165, 1.54) is 0 Å². The molecule has 0 atom stereocenters. The Bertz CT molecular complexity index is 511. The Balaban J connectivity index is 2.09. The third kappa shape index (κ3) is 2.94. The number of hydrogen-bond donors (Lipinski definition) is 0. The highest BCUT2D eigenvalue weighted by atomic mass is 79.9. The van der Waals surface area contributed by atoms with Crippen molar-refractivity contribution in [2.75, 3.05) is 7.05 Å². The minimum Gasteiger partial charge on any atom is -0.467 e. The van der Waals surface area contributed by atoms with Crippen LogP contribution in [0.15, 0.2) is 45.7 Å². The molecule has 0 radical (unpaired) electrons. The molecule has 0 aromatic carbocycles. The molecule has 5 heteroatoms. The fourth-order valence-electron chi connectivity index (χ4n) is 1.46. The predicted molar refractivity (Wildman–Crippen MR) is 66.4 cm³/mol. The monoisotopic (exact) mass is 294 g/mol. The largest absolute Gasteiger partial charge is 0.467 e. The van der Waals surface area contributed by atoms with Gasteiger partial charge in [-0.25, -0.2) is 0 Å². The summed E-state index contributed by atoms with van der Waals surface area (Å²) in [6.07, 6.45) is 4.78. The summed E-state index contributed by atoms with van der Waals surface area (Å²) in [4.78, 5) is 17.6. The van der Waals surface area contributed by atoms with Crippen molar-refractivity contribution in [1.82, 2.24) is 9.88 Å². The van der Waals surface area contributed by atoms with Crippen LogP contribution in [0.5, 0.6) is 0 Å². The first kappa shape index (κ1) is 11.9. The fraction of sp³-hybridized carbons (Fsp3) is 0.167. The van der Waals surface area contributed by atoms with Crippen LogP contribution in [0.1, 0.15) is 16.1 Å². The lowest BCUT2D eigenvalue weighted by Gasteiger charge is -2.15. The molecule has 2 heterocycles. The van der Waals surface area contributed by atoms with E-state index in [1.54, 1.807) is 42.7 Å². The molecule has 4 nitrogen and oxygen atoms in total. The molecule has 0 fully saturated rings. The Hall–Kier alpha value is -1.62. The minimum atomic E-state index is -0.0878. The van der Waals surface area contributed by atoms with E-state index < -0.39 is 0 Å². The van der Waals surface area contributed by atoms with E-state index in [1.807, 2.05) is 6.07 Å². The van der Waals surface area contributed by atoms with Gasteiger partial charge in [0, 0.05) is 23.9 Å². The van der Waals surface area contributed by atoms with Gasteiger partial charge in [-0.3, -0.25) is 9.78 Å². The van der Waals surface area contributed by atoms with Crippen LogP contribution in [0.2, 0.25) is 0 Å². The molecular weight excluding hydrogens is 284 g/mol. The summed E-state index contributed by atoms with van der Waals surface area (Å²) in [7, 11) is 1.73. The summed E-state index contributed by atoms with van der Waals surface area (Å²) < 4.78 is 5.98. The molecule has 0 spiro atoms. The average molecular weight is 295 g/mol. The maximum atomic E-state index is 12.0. The molecule has 2 aromatic heterocycles. The van der Waals surface area contributed by atoms with Crippen molar-refractivity contribution in [2.24, 2.45) is 0 Å². The van der Waals surface area contributed by atoms with Crippen molar-refractivity contribution in [2.45, 2.75) is 6.54 Å². The van der Waals surface area contributed by atoms with Crippen LogP contribution in [-0.2, 0) is 6.54 Å². The summed E-state index contributed by atoms with van der Waals surface area (Å²) in [5.74, 6) is 0.666. The lowest BCUT2D eigenvalue weighted by Crippen LogP contribution is -2.26. The number of aromatic nitrogens is 1. The summed E-state index contributed by atoms with van der Waals surface area (Å²) in [6.45, 7) is 0.443. The molecule has 0 aliphatic carbocycles. The molecular formula is C12H11BrN2O2. The SMILES string of the molecule is CN(Cc1ccco1)C(=O)c1cncc(Br)c1. The Morgan fingerprint density at radius 1 is 1.53 bits per heavy atom. The van der Waals surface area contributed by atoms with Crippen molar-refractivity contribution in [3.8, 4) is 0 Å². The number of carbonyl (C=O) groups excluding carboxylic acids is 1. The van der Waals surface area contributed by atoms with Gasteiger partial charge in [-0.2, -0.15) is 0 Å². The zero-order valence-corrected chi connectivity index (χ0v) is 10.8. The molecule has 0 aliphatic heterocycles. The number of nitrogens with zero attached hydrogens (tertiary/aromatic N) is 2. The van der Waals surface area contributed by atoms with E-state index in [0.29, 0.717) is 12.1 Å². The van der Waals surface area contributed by atoms with Crippen LogP contribution < -0.4 is 0 Å². The molecule has 0 N–H and O–H groups in total. The summed E-state index contributed by atoms with van der Waals surface area (Å²) >= 11 is 3.29. The van der Waals surface area contributed by atoms with E-state index in [4.69, 9.17) is 4.42 Å².